The number of carbonyl (C=O) groups is 1. The molecule has 1 heterocycles. The summed E-state index contributed by atoms with van der Waals surface area (Å²) in [5.74, 6) is -0.375. The first-order valence-corrected chi connectivity index (χ1v) is 9.75. The molecule has 0 saturated carbocycles. The van der Waals surface area contributed by atoms with E-state index >= 15 is 0 Å². The Bertz CT molecular complexity index is 1060. The number of benzene rings is 2. The predicted octanol–water partition coefficient (Wildman–Crippen LogP) is 4.12. The van der Waals surface area contributed by atoms with Crippen LogP contribution in [-0.2, 0) is 5.41 Å². The lowest BCUT2D eigenvalue weighted by Gasteiger charge is -2.26. The van der Waals surface area contributed by atoms with Crippen LogP contribution in [0.25, 0.3) is 11.0 Å². The van der Waals surface area contributed by atoms with Crippen LogP contribution in [-0.4, -0.2) is 31.4 Å². The average molecular weight is 392 g/mol. The van der Waals surface area contributed by atoms with Crippen LogP contribution in [0.4, 0.5) is 0 Å². The Balaban J connectivity index is 1.77. The molecule has 5 heteroatoms. The van der Waals surface area contributed by atoms with Crippen LogP contribution in [0.1, 0.15) is 48.5 Å². The highest BCUT2D eigenvalue weighted by Gasteiger charge is 2.19. The van der Waals surface area contributed by atoms with Gasteiger partial charge in [0.2, 0.25) is 0 Å². The third kappa shape index (κ3) is 4.74. The highest BCUT2D eigenvalue weighted by Crippen LogP contribution is 2.25. The summed E-state index contributed by atoms with van der Waals surface area (Å²) in [6.45, 7) is 6.95. The van der Waals surface area contributed by atoms with Crippen LogP contribution >= 0.6 is 0 Å². The highest BCUT2D eigenvalue weighted by molar-refractivity contribution is 5.93. The van der Waals surface area contributed by atoms with Gasteiger partial charge < -0.3 is 14.6 Å². The molecule has 1 amide bonds. The molecule has 3 rings (SSSR count). The van der Waals surface area contributed by atoms with E-state index in [4.69, 9.17) is 4.42 Å². The summed E-state index contributed by atoms with van der Waals surface area (Å²) >= 11 is 0. The monoisotopic (exact) mass is 392 g/mol. The molecule has 3 aromatic rings. The Morgan fingerprint density at radius 2 is 1.72 bits per heavy atom. The number of nitrogens with one attached hydrogen (secondary N) is 1. The number of carbonyl (C=O) groups excluding carboxylic acids is 1. The largest absolute Gasteiger partial charge is 0.451 e. The standard InChI is InChI=1S/C24H28N2O3/c1-24(2,3)17-12-10-16(11-13-17)19(26(4)5)15-25-23(28)22-14-20(27)18-8-6-7-9-21(18)29-22/h6-14,19H,15H2,1-5H3,(H,25,28). The van der Waals surface area contributed by atoms with Crippen molar-refractivity contribution >= 4 is 16.9 Å². The Morgan fingerprint density at radius 1 is 1.07 bits per heavy atom. The topological polar surface area (TPSA) is 62.6 Å². The Hall–Kier alpha value is -2.92. The minimum atomic E-state index is -0.397. The lowest BCUT2D eigenvalue weighted by molar-refractivity contribution is 0.0914. The molecule has 1 N–H and O–H groups in total. The van der Waals surface area contributed by atoms with Gasteiger partial charge in [0, 0.05) is 12.6 Å². The minimum absolute atomic E-state index is 0.000136. The van der Waals surface area contributed by atoms with E-state index in [0.29, 0.717) is 17.5 Å². The van der Waals surface area contributed by atoms with E-state index in [9.17, 15) is 9.59 Å². The summed E-state index contributed by atoms with van der Waals surface area (Å²) in [7, 11) is 3.95. The van der Waals surface area contributed by atoms with Gasteiger partial charge in [-0.15, -0.1) is 0 Å². The van der Waals surface area contributed by atoms with Crippen molar-refractivity contribution in [2.75, 3.05) is 20.6 Å². The molecule has 0 aliphatic rings. The van der Waals surface area contributed by atoms with E-state index in [2.05, 4.69) is 55.3 Å². The molecule has 0 saturated heterocycles. The Morgan fingerprint density at radius 3 is 2.34 bits per heavy atom. The van der Waals surface area contributed by atoms with Crippen molar-refractivity contribution < 1.29 is 9.21 Å². The first-order chi connectivity index (χ1) is 13.7. The lowest BCUT2D eigenvalue weighted by atomic mass is 9.86. The van der Waals surface area contributed by atoms with E-state index in [1.807, 2.05) is 14.1 Å². The van der Waals surface area contributed by atoms with Crippen molar-refractivity contribution in [2.45, 2.75) is 32.2 Å². The maximum atomic E-state index is 12.6. The molecule has 0 radical (unpaired) electrons. The molecule has 2 aromatic carbocycles. The summed E-state index contributed by atoms with van der Waals surface area (Å²) < 4.78 is 5.63. The maximum Gasteiger partial charge on any atom is 0.287 e. The molecule has 0 fully saturated rings. The summed E-state index contributed by atoms with van der Waals surface area (Å²) in [5, 5.41) is 3.37. The van der Waals surface area contributed by atoms with Gasteiger partial charge >= 0.3 is 0 Å². The zero-order valence-corrected chi connectivity index (χ0v) is 17.7. The average Bonchev–Trinajstić information content (AvgIpc) is 2.67. The molecule has 0 bridgehead atoms. The van der Waals surface area contributed by atoms with Gasteiger partial charge in [-0.3, -0.25) is 9.59 Å². The molecule has 0 spiro atoms. The predicted molar refractivity (Wildman–Crippen MR) is 116 cm³/mol. The lowest BCUT2D eigenvalue weighted by Crippen LogP contribution is -2.34. The second-order valence-corrected chi connectivity index (χ2v) is 8.53. The number of nitrogens with zero attached hydrogens (tertiary/aromatic N) is 1. The quantitative estimate of drug-likeness (QED) is 0.709. The van der Waals surface area contributed by atoms with Crippen LogP contribution in [0.15, 0.2) is 63.8 Å². The van der Waals surface area contributed by atoms with Gasteiger partial charge in [0.1, 0.15) is 5.58 Å². The number of rotatable bonds is 5. The molecular formula is C24H28N2O3. The van der Waals surface area contributed by atoms with Crippen molar-refractivity contribution in [1.29, 1.82) is 0 Å². The van der Waals surface area contributed by atoms with Crippen LogP contribution in [0, 0.1) is 0 Å². The van der Waals surface area contributed by atoms with E-state index < -0.39 is 5.91 Å². The van der Waals surface area contributed by atoms with Gasteiger partial charge in [-0.25, -0.2) is 0 Å². The molecular weight excluding hydrogens is 364 g/mol. The smallest absolute Gasteiger partial charge is 0.287 e. The summed E-state index contributed by atoms with van der Waals surface area (Å²) in [4.78, 5) is 26.9. The van der Waals surface area contributed by atoms with E-state index in [0.717, 1.165) is 5.56 Å². The highest BCUT2D eigenvalue weighted by atomic mass is 16.3. The minimum Gasteiger partial charge on any atom is -0.451 e. The number of hydrogen-bond acceptors (Lipinski definition) is 4. The number of likely N-dealkylation sites (N-methyl/N-ethyl adjacent to an activating group) is 1. The van der Waals surface area contributed by atoms with Crippen molar-refractivity contribution in [3.63, 3.8) is 0 Å². The molecule has 1 aromatic heterocycles. The summed E-state index contributed by atoms with van der Waals surface area (Å²) in [6.07, 6.45) is 0. The summed E-state index contributed by atoms with van der Waals surface area (Å²) in [5.41, 5.74) is 2.66. The van der Waals surface area contributed by atoms with E-state index in [1.54, 1.807) is 24.3 Å². The molecule has 5 nitrogen and oxygen atoms in total. The number of hydrogen-bond donors (Lipinski definition) is 1. The van der Waals surface area contributed by atoms with Gasteiger partial charge in [0.05, 0.1) is 11.4 Å². The summed E-state index contributed by atoms with van der Waals surface area (Å²) in [6, 6.07) is 16.6. The van der Waals surface area contributed by atoms with Gasteiger partial charge in [0.15, 0.2) is 11.2 Å². The third-order valence-corrected chi connectivity index (χ3v) is 5.10. The van der Waals surface area contributed by atoms with Gasteiger partial charge in [-0.05, 0) is 42.8 Å². The third-order valence-electron chi connectivity index (χ3n) is 5.10. The van der Waals surface area contributed by atoms with Crippen LogP contribution in [0.2, 0.25) is 0 Å². The zero-order chi connectivity index (χ0) is 21.2. The second-order valence-electron chi connectivity index (χ2n) is 8.53. The van der Waals surface area contributed by atoms with Crippen LogP contribution < -0.4 is 10.7 Å². The zero-order valence-electron chi connectivity index (χ0n) is 17.7. The number of amides is 1. The second kappa shape index (κ2) is 8.21. The molecule has 29 heavy (non-hydrogen) atoms. The maximum absolute atomic E-state index is 12.6. The van der Waals surface area contributed by atoms with Gasteiger partial charge in [-0.1, -0.05) is 57.2 Å². The van der Waals surface area contributed by atoms with Crippen molar-refractivity contribution in [1.82, 2.24) is 10.2 Å². The van der Waals surface area contributed by atoms with E-state index in [-0.39, 0.29) is 22.6 Å². The van der Waals surface area contributed by atoms with Crippen LogP contribution in [0.5, 0.6) is 0 Å². The fraction of sp³-hybridized carbons (Fsp3) is 0.333. The SMILES string of the molecule is CN(C)C(CNC(=O)c1cc(=O)c2ccccc2o1)c1ccc(C(C)(C)C)cc1. The Labute approximate surface area is 171 Å². The van der Waals surface area contributed by atoms with Gasteiger partial charge in [0.25, 0.3) is 5.91 Å². The number of para-hydroxylation sites is 1. The van der Waals surface area contributed by atoms with Gasteiger partial charge in [-0.2, -0.15) is 0 Å². The Kier molecular flexibility index (Phi) is 5.89. The van der Waals surface area contributed by atoms with Crippen molar-refractivity contribution in [2.24, 2.45) is 0 Å². The molecule has 152 valence electrons. The first kappa shape index (κ1) is 20.8. The molecule has 1 unspecified atom stereocenters. The first-order valence-electron chi connectivity index (χ1n) is 9.75. The normalized spacial score (nSPS) is 12.9. The van der Waals surface area contributed by atoms with E-state index in [1.165, 1.54) is 11.6 Å². The fourth-order valence-electron chi connectivity index (χ4n) is 3.30. The molecule has 0 aliphatic heterocycles. The number of fused-ring (bicyclic) bond motifs is 1. The van der Waals surface area contributed by atoms with Crippen LogP contribution in [0.3, 0.4) is 0 Å². The van der Waals surface area contributed by atoms with Crippen molar-refractivity contribution in [3.05, 3.63) is 81.7 Å². The molecule has 0 aliphatic carbocycles. The van der Waals surface area contributed by atoms with Crippen molar-refractivity contribution in [3.8, 4) is 0 Å². The molecule has 1 atom stereocenters. The fourth-order valence-corrected chi connectivity index (χ4v) is 3.30.